The highest BCUT2D eigenvalue weighted by Crippen LogP contribution is 2.26. The average molecular weight is 419 g/mol. The van der Waals surface area contributed by atoms with Gasteiger partial charge in [-0.3, -0.25) is 19.8 Å². The van der Waals surface area contributed by atoms with Crippen molar-refractivity contribution in [2.24, 2.45) is 0 Å². The number of nitro groups is 1. The Morgan fingerprint density at radius 3 is 2.48 bits per heavy atom. The molecule has 8 nitrogen and oxygen atoms in total. The number of ether oxygens (including phenoxy) is 1. The fraction of sp³-hybridized carbons (Fsp3) is 0.350. The third kappa shape index (κ3) is 5.36. The predicted octanol–water partition coefficient (Wildman–Crippen LogP) is 2.81. The summed E-state index contributed by atoms with van der Waals surface area (Å²) in [6, 6.07) is 11.7. The molecule has 1 saturated heterocycles. The largest absolute Gasteiger partial charge is 0.492 e. The van der Waals surface area contributed by atoms with Gasteiger partial charge in [0.05, 0.1) is 16.2 Å². The van der Waals surface area contributed by atoms with Crippen molar-refractivity contribution in [3.8, 4) is 5.75 Å². The number of nitro benzene ring substituents is 1. The van der Waals surface area contributed by atoms with E-state index in [4.69, 9.17) is 16.3 Å². The van der Waals surface area contributed by atoms with Gasteiger partial charge < -0.3 is 15.0 Å². The molecule has 0 aromatic heterocycles. The van der Waals surface area contributed by atoms with Gasteiger partial charge in [-0.2, -0.15) is 0 Å². The molecule has 3 rings (SSSR count). The molecule has 0 unspecified atom stereocenters. The van der Waals surface area contributed by atoms with E-state index in [9.17, 15) is 14.9 Å². The van der Waals surface area contributed by atoms with Crippen LogP contribution in [0, 0.1) is 10.1 Å². The summed E-state index contributed by atoms with van der Waals surface area (Å²) < 4.78 is 5.75. The number of nitrogens with one attached hydrogen (secondary N) is 1. The summed E-state index contributed by atoms with van der Waals surface area (Å²) in [6.07, 6.45) is 0. The van der Waals surface area contributed by atoms with Crippen molar-refractivity contribution in [1.82, 2.24) is 10.2 Å². The van der Waals surface area contributed by atoms with Crippen molar-refractivity contribution in [3.05, 3.63) is 63.2 Å². The Bertz CT molecular complexity index is 867. The maximum absolute atomic E-state index is 12.2. The quantitative estimate of drug-likeness (QED) is 0.549. The van der Waals surface area contributed by atoms with Gasteiger partial charge in [-0.15, -0.1) is 0 Å². The first-order chi connectivity index (χ1) is 14.0. The number of non-ortho nitro benzene ring substituents is 1. The molecule has 0 saturated carbocycles. The molecule has 0 radical (unpaired) electrons. The van der Waals surface area contributed by atoms with Gasteiger partial charge in [-0.25, -0.2) is 0 Å². The number of nitrogens with zero attached hydrogens (tertiary/aromatic N) is 3. The Labute approximate surface area is 174 Å². The molecular weight excluding hydrogens is 396 g/mol. The van der Waals surface area contributed by atoms with E-state index >= 15 is 0 Å². The minimum Gasteiger partial charge on any atom is -0.492 e. The van der Waals surface area contributed by atoms with E-state index in [0.29, 0.717) is 22.9 Å². The number of amides is 1. The molecule has 0 atom stereocenters. The van der Waals surface area contributed by atoms with E-state index in [-0.39, 0.29) is 11.6 Å². The lowest BCUT2D eigenvalue weighted by molar-refractivity contribution is -0.384. The molecule has 1 amide bonds. The van der Waals surface area contributed by atoms with Crippen molar-refractivity contribution in [2.75, 3.05) is 51.3 Å². The van der Waals surface area contributed by atoms with Crippen molar-refractivity contribution >= 4 is 28.9 Å². The summed E-state index contributed by atoms with van der Waals surface area (Å²) in [5.41, 5.74) is 0.943. The number of hydrogen-bond acceptors (Lipinski definition) is 6. The van der Waals surface area contributed by atoms with Gasteiger partial charge in [-0.1, -0.05) is 11.6 Å². The molecule has 1 aliphatic rings. The van der Waals surface area contributed by atoms with Gasteiger partial charge in [0.15, 0.2) is 0 Å². The van der Waals surface area contributed by atoms with Crippen LogP contribution in [-0.2, 0) is 0 Å². The molecule has 29 heavy (non-hydrogen) atoms. The summed E-state index contributed by atoms with van der Waals surface area (Å²) in [7, 11) is 1.52. The standard InChI is InChI=1S/C20H23ClN4O4/c1-22-20(26)18-14-16(25(27)28)4-7-19(18)24-10-8-23(9-11-24)12-13-29-17-5-2-15(21)3-6-17/h2-7,14H,8-13H2,1H3,(H,22,26). The number of hydrogen-bond donors (Lipinski definition) is 1. The number of carbonyl (C=O) groups excluding carboxylic acids is 1. The molecule has 2 aromatic rings. The second-order valence-electron chi connectivity index (χ2n) is 6.67. The minimum atomic E-state index is -0.491. The maximum atomic E-state index is 12.2. The van der Waals surface area contributed by atoms with Crippen LogP contribution in [0.1, 0.15) is 10.4 Å². The lowest BCUT2D eigenvalue weighted by Crippen LogP contribution is -2.48. The minimum absolute atomic E-state index is 0.0923. The fourth-order valence-electron chi connectivity index (χ4n) is 3.27. The highest BCUT2D eigenvalue weighted by molar-refractivity contribution is 6.30. The molecule has 2 aromatic carbocycles. The molecule has 0 aliphatic carbocycles. The van der Waals surface area contributed by atoms with Crippen molar-refractivity contribution in [3.63, 3.8) is 0 Å². The van der Waals surface area contributed by atoms with Gasteiger partial charge >= 0.3 is 0 Å². The van der Waals surface area contributed by atoms with E-state index in [2.05, 4.69) is 15.1 Å². The number of rotatable bonds is 7. The summed E-state index contributed by atoms with van der Waals surface area (Å²) in [4.78, 5) is 27.2. The second kappa shape index (κ2) is 9.58. The Kier molecular flexibility index (Phi) is 6.90. The third-order valence-electron chi connectivity index (χ3n) is 4.87. The zero-order valence-electron chi connectivity index (χ0n) is 16.1. The van der Waals surface area contributed by atoms with Crippen LogP contribution >= 0.6 is 11.6 Å². The Morgan fingerprint density at radius 2 is 1.86 bits per heavy atom. The summed E-state index contributed by atoms with van der Waals surface area (Å²) >= 11 is 5.87. The van der Waals surface area contributed by atoms with Crippen molar-refractivity contribution in [2.45, 2.75) is 0 Å². The maximum Gasteiger partial charge on any atom is 0.270 e. The van der Waals surface area contributed by atoms with E-state index in [0.717, 1.165) is 38.5 Å². The monoisotopic (exact) mass is 418 g/mol. The molecule has 1 N–H and O–H groups in total. The van der Waals surface area contributed by atoms with E-state index in [1.807, 2.05) is 12.1 Å². The zero-order chi connectivity index (χ0) is 20.8. The first-order valence-electron chi connectivity index (χ1n) is 9.34. The van der Waals surface area contributed by atoms with E-state index < -0.39 is 4.92 Å². The molecule has 1 aliphatic heterocycles. The molecule has 154 valence electrons. The number of anilines is 1. The van der Waals surface area contributed by atoms with Crippen molar-refractivity contribution in [1.29, 1.82) is 0 Å². The van der Waals surface area contributed by atoms with Crippen LogP contribution in [0.5, 0.6) is 5.75 Å². The van der Waals surface area contributed by atoms with Gasteiger partial charge in [0.2, 0.25) is 0 Å². The number of carbonyl (C=O) groups is 1. The molecule has 9 heteroatoms. The number of halogens is 1. The lowest BCUT2D eigenvalue weighted by Gasteiger charge is -2.36. The van der Waals surface area contributed by atoms with Crippen molar-refractivity contribution < 1.29 is 14.5 Å². The lowest BCUT2D eigenvalue weighted by atomic mass is 10.1. The van der Waals surface area contributed by atoms with E-state index in [1.54, 1.807) is 18.2 Å². The number of piperazine rings is 1. The Morgan fingerprint density at radius 1 is 1.17 bits per heavy atom. The summed E-state index contributed by atoms with van der Waals surface area (Å²) in [5, 5.41) is 14.3. The first-order valence-corrected chi connectivity index (χ1v) is 9.72. The molecular formula is C20H23ClN4O4. The van der Waals surface area contributed by atoms with Crippen LogP contribution in [-0.4, -0.2) is 62.1 Å². The van der Waals surface area contributed by atoms with Gasteiger partial charge in [0.25, 0.3) is 11.6 Å². The Hall–Kier alpha value is -2.84. The molecule has 1 fully saturated rings. The third-order valence-corrected chi connectivity index (χ3v) is 5.12. The molecule has 0 bridgehead atoms. The highest BCUT2D eigenvalue weighted by Gasteiger charge is 2.23. The number of benzene rings is 2. The van der Waals surface area contributed by atoms with Crippen LogP contribution in [0.4, 0.5) is 11.4 Å². The normalized spacial score (nSPS) is 14.5. The molecule has 0 spiro atoms. The van der Waals surface area contributed by atoms with Crippen LogP contribution < -0.4 is 15.0 Å². The highest BCUT2D eigenvalue weighted by atomic mass is 35.5. The van der Waals surface area contributed by atoms with Crippen LogP contribution in [0.15, 0.2) is 42.5 Å². The van der Waals surface area contributed by atoms with Crippen LogP contribution in [0.3, 0.4) is 0 Å². The van der Waals surface area contributed by atoms with Gasteiger partial charge in [0.1, 0.15) is 12.4 Å². The van der Waals surface area contributed by atoms with Gasteiger partial charge in [-0.05, 0) is 30.3 Å². The second-order valence-corrected chi connectivity index (χ2v) is 7.11. The first kappa shape index (κ1) is 20.9. The zero-order valence-corrected chi connectivity index (χ0v) is 16.9. The van der Waals surface area contributed by atoms with Crippen LogP contribution in [0.25, 0.3) is 0 Å². The van der Waals surface area contributed by atoms with Gasteiger partial charge in [0, 0.05) is 56.9 Å². The smallest absolute Gasteiger partial charge is 0.270 e. The Balaban J connectivity index is 1.56. The summed E-state index contributed by atoms with van der Waals surface area (Å²) in [5.74, 6) is 0.455. The van der Waals surface area contributed by atoms with E-state index in [1.165, 1.54) is 19.2 Å². The van der Waals surface area contributed by atoms with Crippen LogP contribution in [0.2, 0.25) is 5.02 Å². The predicted molar refractivity (Wildman–Crippen MR) is 112 cm³/mol. The fourth-order valence-corrected chi connectivity index (χ4v) is 3.39. The summed E-state index contributed by atoms with van der Waals surface area (Å²) in [6.45, 7) is 4.44. The molecule has 1 heterocycles. The SMILES string of the molecule is CNC(=O)c1cc([N+](=O)[O-])ccc1N1CCN(CCOc2ccc(Cl)cc2)CC1. The topological polar surface area (TPSA) is 87.9 Å². The average Bonchev–Trinajstić information content (AvgIpc) is 2.74.